The van der Waals surface area contributed by atoms with Crippen LogP contribution in [0.25, 0.3) is 0 Å². The van der Waals surface area contributed by atoms with Gasteiger partial charge in [0.1, 0.15) is 0 Å². The van der Waals surface area contributed by atoms with Crippen molar-refractivity contribution in [1.82, 2.24) is 14.7 Å². The van der Waals surface area contributed by atoms with Gasteiger partial charge >= 0.3 is 0 Å². The molecule has 4 heteroatoms. The Kier molecular flexibility index (Phi) is 5.34. The number of aromatic nitrogens is 2. The van der Waals surface area contributed by atoms with Crippen LogP contribution < -0.4 is 0 Å². The van der Waals surface area contributed by atoms with E-state index in [4.69, 9.17) is 0 Å². The maximum Gasteiger partial charge on any atom is 0.222 e. The molecule has 1 atom stereocenters. The Morgan fingerprint density at radius 2 is 2.00 bits per heavy atom. The molecular formula is C20H27N3O. The smallest absolute Gasteiger partial charge is 0.222 e. The number of hydrogen-bond donors (Lipinski definition) is 0. The third-order valence-corrected chi connectivity index (χ3v) is 4.83. The third kappa shape index (κ3) is 4.25. The second kappa shape index (κ2) is 7.65. The van der Waals surface area contributed by atoms with Gasteiger partial charge in [0, 0.05) is 25.7 Å². The van der Waals surface area contributed by atoms with Crippen LogP contribution in [0, 0.1) is 13.8 Å². The van der Waals surface area contributed by atoms with Crippen molar-refractivity contribution in [3.63, 3.8) is 0 Å². The summed E-state index contributed by atoms with van der Waals surface area (Å²) in [5, 5.41) is 4.42. The van der Waals surface area contributed by atoms with Crippen LogP contribution in [-0.4, -0.2) is 33.7 Å². The topological polar surface area (TPSA) is 38.1 Å². The van der Waals surface area contributed by atoms with E-state index < -0.39 is 0 Å². The molecule has 1 aromatic heterocycles. The van der Waals surface area contributed by atoms with E-state index >= 15 is 0 Å². The van der Waals surface area contributed by atoms with Gasteiger partial charge in [-0.15, -0.1) is 0 Å². The van der Waals surface area contributed by atoms with Crippen LogP contribution in [0.2, 0.25) is 0 Å². The largest absolute Gasteiger partial charge is 0.341 e. The summed E-state index contributed by atoms with van der Waals surface area (Å²) in [5.41, 5.74) is 3.77. The van der Waals surface area contributed by atoms with Crippen molar-refractivity contribution in [3.8, 4) is 0 Å². The molecule has 1 fully saturated rings. The number of benzene rings is 1. The van der Waals surface area contributed by atoms with E-state index in [9.17, 15) is 4.79 Å². The predicted molar refractivity (Wildman–Crippen MR) is 95.9 cm³/mol. The van der Waals surface area contributed by atoms with Gasteiger partial charge in [-0.05, 0) is 50.7 Å². The van der Waals surface area contributed by atoms with Gasteiger partial charge in [0.15, 0.2) is 0 Å². The lowest BCUT2D eigenvalue weighted by Crippen LogP contribution is -2.40. The van der Waals surface area contributed by atoms with Crippen molar-refractivity contribution in [1.29, 1.82) is 0 Å². The van der Waals surface area contributed by atoms with Gasteiger partial charge in [0.2, 0.25) is 5.91 Å². The van der Waals surface area contributed by atoms with Crippen molar-refractivity contribution in [2.24, 2.45) is 0 Å². The minimum absolute atomic E-state index is 0.288. The fourth-order valence-corrected chi connectivity index (χ4v) is 3.39. The molecule has 1 aromatic carbocycles. The van der Waals surface area contributed by atoms with Gasteiger partial charge in [-0.2, -0.15) is 5.10 Å². The highest BCUT2D eigenvalue weighted by atomic mass is 16.2. The van der Waals surface area contributed by atoms with Gasteiger partial charge in [-0.25, -0.2) is 0 Å². The summed E-state index contributed by atoms with van der Waals surface area (Å²) in [4.78, 5) is 14.5. The third-order valence-electron chi connectivity index (χ3n) is 4.83. The molecule has 2 heterocycles. The Labute approximate surface area is 144 Å². The van der Waals surface area contributed by atoms with Gasteiger partial charge in [-0.1, -0.05) is 29.8 Å². The molecule has 1 aliphatic rings. The van der Waals surface area contributed by atoms with Crippen LogP contribution in [-0.2, 0) is 11.2 Å². The fourth-order valence-electron chi connectivity index (χ4n) is 3.39. The molecule has 0 bridgehead atoms. The van der Waals surface area contributed by atoms with Crippen LogP contribution in [0.5, 0.6) is 0 Å². The van der Waals surface area contributed by atoms with Crippen molar-refractivity contribution < 1.29 is 4.79 Å². The van der Waals surface area contributed by atoms with Gasteiger partial charge in [-0.3, -0.25) is 9.48 Å². The molecule has 3 rings (SSSR count). The van der Waals surface area contributed by atoms with Crippen LogP contribution in [0.15, 0.2) is 36.7 Å². The fraction of sp³-hybridized carbons (Fsp3) is 0.500. The number of carbonyl (C=O) groups is 1. The highest BCUT2D eigenvalue weighted by Crippen LogP contribution is 2.22. The first-order chi connectivity index (χ1) is 11.6. The second-order valence-electron chi connectivity index (χ2n) is 6.97. The lowest BCUT2D eigenvalue weighted by molar-refractivity contribution is -0.133. The first-order valence-corrected chi connectivity index (χ1v) is 8.96. The zero-order chi connectivity index (χ0) is 16.9. The van der Waals surface area contributed by atoms with E-state index in [1.165, 1.54) is 16.7 Å². The van der Waals surface area contributed by atoms with Crippen LogP contribution in [0.1, 0.15) is 48.4 Å². The molecule has 0 N–H and O–H groups in total. The Balaban J connectivity index is 1.48. The monoisotopic (exact) mass is 325 g/mol. The van der Waals surface area contributed by atoms with Crippen molar-refractivity contribution in [2.75, 3.05) is 13.1 Å². The molecule has 0 spiro atoms. The number of nitrogens with zero attached hydrogens (tertiary/aromatic N) is 3. The van der Waals surface area contributed by atoms with Gasteiger partial charge in [0.25, 0.3) is 0 Å². The summed E-state index contributed by atoms with van der Waals surface area (Å²) in [5.74, 6) is 0.288. The lowest BCUT2D eigenvalue weighted by atomic mass is 10.0. The predicted octanol–water partition coefficient (Wildman–Crippen LogP) is 3.69. The molecule has 0 unspecified atom stereocenters. The van der Waals surface area contributed by atoms with E-state index in [0.717, 1.165) is 38.8 Å². The number of amides is 1. The lowest BCUT2D eigenvalue weighted by Gasteiger charge is -2.33. The Morgan fingerprint density at radius 3 is 2.71 bits per heavy atom. The number of likely N-dealkylation sites (tertiary alicyclic amines) is 1. The number of hydrogen-bond acceptors (Lipinski definition) is 2. The van der Waals surface area contributed by atoms with E-state index in [1.54, 1.807) is 0 Å². The number of rotatable bonds is 5. The minimum atomic E-state index is 0.288. The molecule has 0 radical (unpaired) electrons. The Hall–Kier alpha value is -2.10. The summed E-state index contributed by atoms with van der Waals surface area (Å²) < 4.78 is 2.03. The quantitative estimate of drug-likeness (QED) is 0.841. The summed E-state index contributed by atoms with van der Waals surface area (Å²) in [6.07, 6.45) is 8.67. The molecule has 24 heavy (non-hydrogen) atoms. The Bertz CT molecular complexity index is 674. The number of piperidine rings is 1. The molecule has 2 aromatic rings. The maximum absolute atomic E-state index is 12.5. The van der Waals surface area contributed by atoms with E-state index in [0.29, 0.717) is 12.5 Å². The zero-order valence-corrected chi connectivity index (χ0v) is 14.7. The average molecular weight is 325 g/mol. The van der Waals surface area contributed by atoms with Crippen LogP contribution in [0.4, 0.5) is 0 Å². The normalized spacial score (nSPS) is 17.9. The first kappa shape index (κ1) is 16.7. The van der Waals surface area contributed by atoms with Crippen molar-refractivity contribution >= 4 is 5.91 Å². The highest BCUT2D eigenvalue weighted by molar-refractivity contribution is 5.76. The SMILES string of the molecule is Cc1ccc(CCCC(=O)N2CCC[C@@H](n3cc(C)cn3)C2)cc1. The van der Waals surface area contributed by atoms with Gasteiger partial charge in [0.05, 0.1) is 12.2 Å². The molecule has 0 saturated carbocycles. The van der Waals surface area contributed by atoms with Crippen LogP contribution >= 0.6 is 0 Å². The second-order valence-corrected chi connectivity index (χ2v) is 6.97. The molecule has 1 aliphatic heterocycles. The van der Waals surface area contributed by atoms with Gasteiger partial charge < -0.3 is 4.90 Å². The highest BCUT2D eigenvalue weighted by Gasteiger charge is 2.24. The summed E-state index contributed by atoms with van der Waals surface area (Å²) in [7, 11) is 0. The minimum Gasteiger partial charge on any atom is -0.341 e. The molecule has 128 valence electrons. The van der Waals surface area contributed by atoms with Crippen molar-refractivity contribution in [3.05, 3.63) is 53.3 Å². The van der Waals surface area contributed by atoms with E-state index in [2.05, 4.69) is 49.4 Å². The molecule has 1 amide bonds. The molecule has 4 nitrogen and oxygen atoms in total. The number of carbonyl (C=O) groups excluding carboxylic acids is 1. The average Bonchev–Trinajstić information content (AvgIpc) is 3.03. The zero-order valence-electron chi connectivity index (χ0n) is 14.7. The van der Waals surface area contributed by atoms with E-state index in [1.807, 2.05) is 15.8 Å². The standard InChI is InChI=1S/C20H27N3O/c1-16-8-10-18(11-9-16)5-3-7-20(24)22-12-4-6-19(15-22)23-14-17(2)13-21-23/h8-11,13-14,19H,3-7,12,15H2,1-2H3/t19-/m1/s1. The van der Waals surface area contributed by atoms with Crippen molar-refractivity contribution in [2.45, 2.75) is 52.0 Å². The summed E-state index contributed by atoms with van der Waals surface area (Å²) in [6.45, 7) is 5.84. The van der Waals surface area contributed by atoms with Crippen LogP contribution in [0.3, 0.4) is 0 Å². The van der Waals surface area contributed by atoms with E-state index in [-0.39, 0.29) is 5.91 Å². The molecular weight excluding hydrogens is 298 g/mol. The summed E-state index contributed by atoms with van der Waals surface area (Å²) in [6, 6.07) is 8.93. The first-order valence-electron chi connectivity index (χ1n) is 8.96. The number of aryl methyl sites for hydroxylation is 3. The molecule has 1 saturated heterocycles. The maximum atomic E-state index is 12.5. The summed E-state index contributed by atoms with van der Waals surface area (Å²) >= 11 is 0. The molecule has 0 aliphatic carbocycles. The Morgan fingerprint density at radius 1 is 1.21 bits per heavy atom.